The average Bonchev–Trinajstić information content (AvgIpc) is 2.63. The first-order valence-electron chi connectivity index (χ1n) is 8.60. The van der Waals surface area contributed by atoms with Gasteiger partial charge in [0.05, 0.1) is 13.0 Å². The van der Waals surface area contributed by atoms with Crippen molar-refractivity contribution < 1.29 is 18.3 Å². The molecule has 0 bridgehead atoms. The predicted molar refractivity (Wildman–Crippen MR) is 92.4 cm³/mol. The fourth-order valence-electron chi connectivity index (χ4n) is 2.94. The van der Waals surface area contributed by atoms with E-state index in [1.165, 1.54) is 13.2 Å². The topological polar surface area (TPSA) is 53.9 Å². The molecule has 0 amide bonds. The highest BCUT2D eigenvalue weighted by Gasteiger charge is 2.26. The molecule has 1 aliphatic rings. The van der Waals surface area contributed by atoms with Gasteiger partial charge in [0.15, 0.2) is 5.96 Å². The zero-order valence-electron chi connectivity index (χ0n) is 14.7. The number of hydrogen-bond donors (Lipinski definition) is 1. The lowest BCUT2D eigenvalue weighted by Gasteiger charge is -2.33. The molecule has 1 heterocycles. The van der Waals surface area contributed by atoms with Gasteiger partial charge in [0.1, 0.15) is 11.6 Å². The number of esters is 1. The Labute approximate surface area is 147 Å². The molecule has 0 unspecified atom stereocenters. The van der Waals surface area contributed by atoms with Crippen LogP contribution in [0.5, 0.6) is 0 Å². The van der Waals surface area contributed by atoms with Crippen molar-refractivity contribution in [3.8, 4) is 0 Å². The first kappa shape index (κ1) is 19.1. The monoisotopic (exact) mass is 353 g/mol. The zero-order chi connectivity index (χ0) is 18.2. The number of nitrogens with zero attached hydrogens (tertiary/aromatic N) is 2. The van der Waals surface area contributed by atoms with Crippen molar-refractivity contribution in [2.45, 2.75) is 26.2 Å². The highest BCUT2D eigenvalue weighted by atomic mass is 19.1. The van der Waals surface area contributed by atoms with E-state index in [1.54, 1.807) is 0 Å². The highest BCUT2D eigenvalue weighted by Crippen LogP contribution is 2.18. The smallest absolute Gasteiger partial charge is 0.308 e. The second kappa shape index (κ2) is 9.34. The molecule has 1 fully saturated rings. The van der Waals surface area contributed by atoms with E-state index in [1.807, 2.05) is 6.92 Å². The number of nitrogens with one attached hydrogen (secondary N) is 1. The second-order valence-electron chi connectivity index (χ2n) is 6.01. The van der Waals surface area contributed by atoms with Gasteiger partial charge in [-0.25, -0.2) is 8.78 Å². The van der Waals surface area contributed by atoms with Gasteiger partial charge in [-0.05, 0) is 49.9 Å². The number of rotatable bonds is 5. The molecule has 0 saturated carbocycles. The van der Waals surface area contributed by atoms with Crippen LogP contribution in [0.2, 0.25) is 0 Å². The number of piperidine rings is 1. The Bertz CT molecular complexity index is 614. The Kier molecular flexibility index (Phi) is 7.16. The summed E-state index contributed by atoms with van der Waals surface area (Å²) in [4.78, 5) is 18.2. The predicted octanol–water partition coefficient (Wildman–Crippen LogP) is 2.36. The number of methoxy groups -OCH3 is 1. The molecule has 0 aliphatic carbocycles. The maximum absolute atomic E-state index is 13.7. The maximum atomic E-state index is 13.7. The Balaban J connectivity index is 1.94. The van der Waals surface area contributed by atoms with Crippen LogP contribution < -0.4 is 5.32 Å². The van der Waals surface area contributed by atoms with E-state index in [0.29, 0.717) is 38.2 Å². The van der Waals surface area contributed by atoms with Crippen molar-refractivity contribution in [2.24, 2.45) is 10.9 Å². The van der Waals surface area contributed by atoms with Gasteiger partial charge in [-0.15, -0.1) is 0 Å². The highest BCUT2D eigenvalue weighted by molar-refractivity contribution is 5.80. The Morgan fingerprint density at radius 2 is 2.08 bits per heavy atom. The van der Waals surface area contributed by atoms with Crippen LogP contribution in [-0.2, 0) is 16.0 Å². The summed E-state index contributed by atoms with van der Waals surface area (Å²) >= 11 is 0. The van der Waals surface area contributed by atoms with Gasteiger partial charge in [-0.1, -0.05) is 0 Å². The lowest BCUT2D eigenvalue weighted by molar-refractivity contribution is -0.146. The molecule has 138 valence electrons. The Hall–Kier alpha value is -2.18. The van der Waals surface area contributed by atoms with Crippen LogP contribution in [0.4, 0.5) is 8.78 Å². The van der Waals surface area contributed by atoms with Gasteiger partial charge in [-0.3, -0.25) is 9.79 Å². The third kappa shape index (κ3) is 5.41. The summed E-state index contributed by atoms with van der Waals surface area (Å²) in [5, 5.41) is 3.21. The molecule has 0 atom stereocenters. The fourth-order valence-corrected chi connectivity index (χ4v) is 2.94. The van der Waals surface area contributed by atoms with Crippen LogP contribution in [0.1, 0.15) is 25.3 Å². The van der Waals surface area contributed by atoms with Crippen LogP contribution in [0.3, 0.4) is 0 Å². The van der Waals surface area contributed by atoms with Crippen LogP contribution in [0.25, 0.3) is 0 Å². The lowest BCUT2D eigenvalue weighted by Crippen LogP contribution is -2.46. The molecule has 5 nitrogen and oxygen atoms in total. The summed E-state index contributed by atoms with van der Waals surface area (Å²) in [6.07, 6.45) is 1.77. The number of carbonyl (C=O) groups excluding carboxylic acids is 1. The number of carbonyl (C=O) groups is 1. The minimum absolute atomic E-state index is 0.0643. The van der Waals surface area contributed by atoms with Crippen molar-refractivity contribution in [1.82, 2.24) is 10.2 Å². The van der Waals surface area contributed by atoms with Gasteiger partial charge in [0.2, 0.25) is 0 Å². The van der Waals surface area contributed by atoms with Crippen LogP contribution in [0.15, 0.2) is 23.2 Å². The lowest BCUT2D eigenvalue weighted by atomic mass is 9.97. The summed E-state index contributed by atoms with van der Waals surface area (Å²) in [6, 6.07) is 3.45. The van der Waals surface area contributed by atoms with Crippen molar-refractivity contribution in [3.05, 3.63) is 35.4 Å². The van der Waals surface area contributed by atoms with Crippen molar-refractivity contribution in [2.75, 3.05) is 33.3 Å². The molecule has 2 rings (SSSR count). The van der Waals surface area contributed by atoms with Crippen molar-refractivity contribution in [3.63, 3.8) is 0 Å². The Morgan fingerprint density at radius 1 is 1.36 bits per heavy atom. The second-order valence-corrected chi connectivity index (χ2v) is 6.01. The number of likely N-dealkylation sites (tertiary alicyclic amines) is 1. The molecular weight excluding hydrogens is 328 g/mol. The van der Waals surface area contributed by atoms with Gasteiger partial charge in [0, 0.05) is 26.2 Å². The first-order chi connectivity index (χ1) is 12.0. The molecule has 1 saturated heterocycles. The van der Waals surface area contributed by atoms with Crippen LogP contribution in [-0.4, -0.2) is 50.1 Å². The third-order valence-electron chi connectivity index (χ3n) is 4.31. The van der Waals surface area contributed by atoms with Gasteiger partial charge >= 0.3 is 5.97 Å². The third-order valence-corrected chi connectivity index (χ3v) is 4.31. The van der Waals surface area contributed by atoms with Gasteiger partial charge in [0.25, 0.3) is 0 Å². The largest absolute Gasteiger partial charge is 0.469 e. The summed E-state index contributed by atoms with van der Waals surface area (Å²) in [7, 11) is 1.41. The van der Waals surface area contributed by atoms with Crippen molar-refractivity contribution in [1.29, 1.82) is 0 Å². The molecule has 25 heavy (non-hydrogen) atoms. The van der Waals surface area contributed by atoms with Crippen molar-refractivity contribution >= 4 is 11.9 Å². The number of halogens is 2. The molecule has 1 aromatic rings. The van der Waals surface area contributed by atoms with E-state index in [4.69, 9.17) is 4.74 Å². The quantitative estimate of drug-likeness (QED) is 0.502. The van der Waals surface area contributed by atoms with E-state index >= 15 is 0 Å². The SMILES string of the molecule is CCNC(=NCCc1cc(F)ccc1F)N1CCC(C(=O)OC)CC1. The molecule has 1 aromatic carbocycles. The number of benzene rings is 1. The van der Waals surface area contributed by atoms with Crippen LogP contribution in [0, 0.1) is 17.6 Å². The average molecular weight is 353 g/mol. The van der Waals surface area contributed by atoms with E-state index < -0.39 is 11.6 Å². The summed E-state index contributed by atoms with van der Waals surface area (Å²) < 4.78 is 31.7. The van der Waals surface area contributed by atoms with Crippen LogP contribution >= 0.6 is 0 Å². The summed E-state index contributed by atoms with van der Waals surface area (Å²) in [5.74, 6) is -0.353. The summed E-state index contributed by atoms with van der Waals surface area (Å²) in [6.45, 7) is 4.46. The standard InChI is InChI=1S/C18H25F2N3O2/c1-3-21-18(23-10-7-13(8-11-23)17(24)25-2)22-9-6-14-12-15(19)4-5-16(14)20/h4-5,12-13H,3,6-11H2,1-2H3,(H,21,22). The van der Waals surface area contributed by atoms with Gasteiger partial charge in [-0.2, -0.15) is 0 Å². The molecular formula is C18H25F2N3O2. The van der Waals surface area contributed by atoms with E-state index in [2.05, 4.69) is 15.2 Å². The minimum atomic E-state index is -0.447. The molecule has 1 aliphatic heterocycles. The molecule has 0 aromatic heterocycles. The van der Waals surface area contributed by atoms with E-state index in [0.717, 1.165) is 30.9 Å². The van der Waals surface area contributed by atoms with E-state index in [9.17, 15) is 13.6 Å². The first-order valence-corrected chi connectivity index (χ1v) is 8.60. The number of ether oxygens (including phenoxy) is 1. The molecule has 7 heteroatoms. The number of guanidine groups is 1. The zero-order valence-corrected chi connectivity index (χ0v) is 14.7. The fraction of sp³-hybridized carbons (Fsp3) is 0.556. The van der Waals surface area contributed by atoms with E-state index in [-0.39, 0.29) is 11.9 Å². The van der Waals surface area contributed by atoms with Gasteiger partial charge < -0.3 is 15.0 Å². The maximum Gasteiger partial charge on any atom is 0.308 e. The number of aliphatic imine (C=N–C) groups is 1. The molecule has 0 radical (unpaired) electrons. The minimum Gasteiger partial charge on any atom is -0.469 e. The number of hydrogen-bond acceptors (Lipinski definition) is 3. The summed E-state index contributed by atoms with van der Waals surface area (Å²) in [5.41, 5.74) is 0.323. The molecule has 0 spiro atoms. The Morgan fingerprint density at radius 3 is 2.72 bits per heavy atom. The molecule has 1 N–H and O–H groups in total. The normalized spacial score (nSPS) is 16.0.